The van der Waals surface area contributed by atoms with E-state index in [2.05, 4.69) is 30.9 Å². The number of carbonyl (C=O) groups is 2. The maximum Gasteiger partial charge on any atom is 0.418 e. The molecule has 1 atom stereocenters. The van der Waals surface area contributed by atoms with Crippen LogP contribution >= 0.6 is 11.3 Å². The zero-order chi connectivity index (χ0) is 26.5. The van der Waals surface area contributed by atoms with E-state index < -0.39 is 29.6 Å². The van der Waals surface area contributed by atoms with Gasteiger partial charge in [0.1, 0.15) is 35.6 Å². The third-order valence-electron chi connectivity index (χ3n) is 4.80. The average Bonchev–Trinajstić information content (AvgIpc) is 3.32. The minimum atomic E-state index is -4.64. The molecule has 0 fully saturated rings. The van der Waals surface area contributed by atoms with Crippen LogP contribution in [0.1, 0.15) is 43.7 Å². The van der Waals surface area contributed by atoms with Crippen molar-refractivity contribution in [1.82, 2.24) is 20.3 Å². The highest BCUT2D eigenvalue weighted by Crippen LogP contribution is 2.36. The molecule has 0 saturated carbocycles. The van der Waals surface area contributed by atoms with Gasteiger partial charge in [-0.15, -0.1) is 11.3 Å². The third kappa shape index (κ3) is 6.49. The summed E-state index contributed by atoms with van der Waals surface area (Å²) >= 11 is 0.964. The molecule has 0 spiro atoms. The van der Waals surface area contributed by atoms with Crippen molar-refractivity contribution in [1.29, 1.82) is 0 Å². The average molecular weight is 519 g/mol. The van der Waals surface area contributed by atoms with E-state index in [1.807, 2.05) is 0 Å². The maximum absolute atomic E-state index is 13.5. The lowest BCUT2D eigenvalue weighted by molar-refractivity contribution is -0.136. The Hall–Kier alpha value is -3.72. The van der Waals surface area contributed by atoms with Gasteiger partial charge in [-0.25, -0.2) is 15.0 Å². The Labute approximate surface area is 209 Å². The number of aromatic nitrogens is 3. The number of nitrogens with two attached hydrogens (primary N) is 1. The lowest BCUT2D eigenvalue weighted by Gasteiger charge is -2.16. The van der Waals surface area contributed by atoms with Gasteiger partial charge in [-0.3, -0.25) is 9.59 Å². The van der Waals surface area contributed by atoms with Gasteiger partial charge in [-0.05, 0) is 30.6 Å². The van der Waals surface area contributed by atoms with Crippen molar-refractivity contribution in [2.24, 2.45) is 0 Å². The number of alkyl halides is 3. The number of hydrogen-bond acceptors (Lipinski definition) is 9. The van der Waals surface area contributed by atoms with E-state index >= 15 is 0 Å². The predicted octanol–water partition coefficient (Wildman–Crippen LogP) is 2.13. The van der Waals surface area contributed by atoms with Crippen LogP contribution in [0.4, 0.5) is 30.4 Å². The fraction of sp³-hybridized carbons (Fsp3) is 0.286. The number of hydrogen-bond donors (Lipinski definition) is 4. The van der Waals surface area contributed by atoms with E-state index in [9.17, 15) is 22.8 Å². The van der Waals surface area contributed by atoms with Crippen LogP contribution in [0.25, 0.3) is 0 Å². The molecule has 1 aromatic carbocycles. The molecule has 188 valence electrons. The van der Waals surface area contributed by atoms with Crippen molar-refractivity contribution in [3.63, 3.8) is 0 Å². The van der Waals surface area contributed by atoms with Crippen LogP contribution in [0.5, 0.6) is 0 Å². The van der Waals surface area contributed by atoms with Crippen molar-refractivity contribution in [3.05, 3.63) is 51.9 Å². The molecule has 0 aliphatic heterocycles. The van der Waals surface area contributed by atoms with Gasteiger partial charge in [0, 0.05) is 25.0 Å². The number of carbonyl (C=O) groups excluding carboxylic acids is 2. The van der Waals surface area contributed by atoms with Crippen molar-refractivity contribution >= 4 is 53.7 Å². The second-order valence-corrected chi connectivity index (χ2v) is 8.47. The quantitative estimate of drug-likeness (QED) is 0.249. The van der Waals surface area contributed by atoms with E-state index in [1.165, 1.54) is 25.4 Å². The Bertz CT molecular complexity index is 1260. The fourth-order valence-corrected chi connectivity index (χ4v) is 3.82. The number of nitrogens with one attached hydrogen (secondary N) is 3. The molecule has 10 nitrogen and oxygen atoms in total. The van der Waals surface area contributed by atoms with Crippen molar-refractivity contribution in [2.45, 2.75) is 19.1 Å². The molecule has 3 rings (SSSR count). The summed E-state index contributed by atoms with van der Waals surface area (Å²) in [7, 11) is 7.17. The van der Waals surface area contributed by atoms with Gasteiger partial charge in [0.2, 0.25) is 0 Å². The first-order valence-corrected chi connectivity index (χ1v) is 11.2. The predicted molar refractivity (Wildman–Crippen MR) is 130 cm³/mol. The Morgan fingerprint density at radius 2 is 1.97 bits per heavy atom. The summed E-state index contributed by atoms with van der Waals surface area (Å²) < 4.78 is 45.4. The number of methoxy groups -OCH3 is 1. The standard InChI is InChI=1S/C21H21BF3N7O3S/c1-10(31-19(34)16-15(22)17(26)30-9-29-16)20-28-8-14(36-20)18(33)32-11-3-4-13(27-5-6-35-2)12(7-11)21(23,24)25/h3-4,7-10,27H,5-6H2,1-2H3,(H,31,34)(H,32,33)(H2,26,29,30). The molecule has 0 saturated heterocycles. The van der Waals surface area contributed by atoms with Crippen LogP contribution in [0.3, 0.4) is 0 Å². The smallest absolute Gasteiger partial charge is 0.384 e. The monoisotopic (exact) mass is 519 g/mol. The highest BCUT2D eigenvalue weighted by Gasteiger charge is 2.34. The van der Waals surface area contributed by atoms with E-state index in [4.69, 9.17) is 18.3 Å². The van der Waals surface area contributed by atoms with Gasteiger partial charge in [0.05, 0.1) is 24.4 Å². The van der Waals surface area contributed by atoms with Crippen molar-refractivity contribution < 1.29 is 27.5 Å². The summed E-state index contributed by atoms with van der Waals surface area (Å²) in [6.45, 7) is 2.04. The Kier molecular flexibility index (Phi) is 8.47. The number of nitrogens with zero attached hydrogens (tertiary/aromatic N) is 3. The molecule has 2 amide bonds. The van der Waals surface area contributed by atoms with Crippen molar-refractivity contribution in [2.75, 3.05) is 36.6 Å². The highest BCUT2D eigenvalue weighted by atomic mass is 32.1. The molecular formula is C21H21BF3N7O3S. The van der Waals surface area contributed by atoms with Gasteiger partial charge >= 0.3 is 6.18 Å². The molecule has 2 heterocycles. The first-order chi connectivity index (χ1) is 17.0. The summed E-state index contributed by atoms with van der Waals surface area (Å²) in [4.78, 5) is 36.9. The summed E-state index contributed by atoms with van der Waals surface area (Å²) in [5.41, 5.74) is 4.31. The molecule has 15 heteroatoms. The van der Waals surface area contributed by atoms with Gasteiger partial charge < -0.3 is 26.4 Å². The number of nitrogen functional groups attached to an aromatic ring is 1. The van der Waals surface area contributed by atoms with Crippen LogP contribution in [0.2, 0.25) is 0 Å². The number of thiazole rings is 1. The van der Waals surface area contributed by atoms with Crippen LogP contribution in [0, 0.1) is 0 Å². The minimum Gasteiger partial charge on any atom is -0.384 e. The summed E-state index contributed by atoms with van der Waals surface area (Å²) in [5.74, 6) is -1.31. The largest absolute Gasteiger partial charge is 0.418 e. The summed E-state index contributed by atoms with van der Waals surface area (Å²) in [6, 6.07) is 2.80. The lowest BCUT2D eigenvalue weighted by atomic mass is 9.94. The first-order valence-electron chi connectivity index (χ1n) is 10.4. The molecular weight excluding hydrogens is 498 g/mol. The molecule has 5 N–H and O–H groups in total. The number of rotatable bonds is 9. The molecule has 0 aliphatic rings. The number of benzene rings is 1. The summed E-state index contributed by atoms with van der Waals surface area (Å²) in [6.07, 6.45) is -2.27. The van der Waals surface area contributed by atoms with Crippen LogP contribution < -0.4 is 27.1 Å². The molecule has 0 bridgehead atoms. The minimum absolute atomic E-state index is 0.0384. The van der Waals surface area contributed by atoms with E-state index in [1.54, 1.807) is 6.92 Å². The highest BCUT2D eigenvalue weighted by molar-refractivity contribution is 7.13. The lowest BCUT2D eigenvalue weighted by Crippen LogP contribution is -2.33. The van der Waals surface area contributed by atoms with Gasteiger partial charge in [-0.2, -0.15) is 13.2 Å². The molecule has 36 heavy (non-hydrogen) atoms. The molecule has 3 aromatic rings. The summed E-state index contributed by atoms with van der Waals surface area (Å²) in [5, 5.41) is 8.12. The second-order valence-electron chi connectivity index (χ2n) is 7.41. The molecule has 2 radical (unpaired) electrons. The fourth-order valence-electron chi connectivity index (χ4n) is 3.00. The van der Waals surface area contributed by atoms with Gasteiger partial charge in [0.25, 0.3) is 11.8 Å². The Morgan fingerprint density at radius 3 is 2.67 bits per heavy atom. The molecule has 2 aromatic heterocycles. The Morgan fingerprint density at radius 1 is 1.22 bits per heavy atom. The van der Waals surface area contributed by atoms with Crippen LogP contribution in [-0.4, -0.2) is 54.9 Å². The first kappa shape index (κ1) is 26.9. The van der Waals surface area contributed by atoms with Crippen molar-refractivity contribution in [3.8, 4) is 0 Å². The van der Waals surface area contributed by atoms with Crippen LogP contribution in [-0.2, 0) is 10.9 Å². The normalized spacial score (nSPS) is 12.1. The van der Waals surface area contributed by atoms with Gasteiger partial charge in [-0.1, -0.05) is 0 Å². The van der Waals surface area contributed by atoms with E-state index in [-0.39, 0.29) is 46.4 Å². The maximum atomic E-state index is 13.5. The zero-order valence-electron chi connectivity index (χ0n) is 19.1. The second kappa shape index (κ2) is 11.3. The van der Waals surface area contributed by atoms with Crippen LogP contribution in [0.15, 0.2) is 30.7 Å². The number of halogens is 3. The van der Waals surface area contributed by atoms with E-state index in [0.29, 0.717) is 5.01 Å². The van der Waals surface area contributed by atoms with Gasteiger partial charge in [0.15, 0.2) is 0 Å². The SMILES string of the molecule is [B]c1c(N)ncnc1C(=O)NC(C)c1ncc(C(=O)Nc2ccc(NCCOC)c(C(F)(F)F)c2)s1. The number of amides is 2. The topological polar surface area (TPSA) is 144 Å². The van der Waals surface area contributed by atoms with E-state index in [0.717, 1.165) is 23.7 Å². The molecule has 0 aliphatic carbocycles. The third-order valence-corrected chi connectivity index (χ3v) is 5.98. The number of ether oxygens (including phenoxy) is 1. The zero-order valence-corrected chi connectivity index (χ0v) is 20.0. The number of anilines is 3. The Balaban J connectivity index is 1.70. The molecule has 1 unspecified atom stereocenters.